The van der Waals surface area contributed by atoms with Crippen molar-refractivity contribution in [1.82, 2.24) is 39.5 Å². The zero-order chi connectivity index (χ0) is 45.5. The number of amides is 5. The van der Waals surface area contributed by atoms with Crippen molar-refractivity contribution in [2.75, 3.05) is 56.4 Å². The number of likely N-dealkylation sites (tertiary alicyclic amines) is 1. The van der Waals surface area contributed by atoms with E-state index in [1.807, 2.05) is 33.7 Å². The molecule has 18 heteroatoms. The minimum Gasteiger partial charge on any atom is -0.374 e. The standard InChI is InChI=1S/C48H50F2N10O5S/c49-37-23-32(22-35-36(37)26-60(47(35)65)44(46(64)55-48-51-13-21-66-48)43-40-2-1-14-59(40)28-52-43)30-5-3-29(4-6-30)25-56-17-19-57(20-18-56)27-42(62)58-15-11-31(12-16-58)34-8-7-33(24-38(34)50)53-39-9-10-41(61)54-45(39)63/h3-8,13,21-24,28,31,39,44,53H,1-2,9-12,14-20,25-27H2,(H,51,55,64)(H,54,61,63)/t39-,44?/m0/s1. The van der Waals surface area contributed by atoms with Crippen molar-refractivity contribution < 1.29 is 32.8 Å². The van der Waals surface area contributed by atoms with E-state index in [4.69, 9.17) is 0 Å². The number of imidazole rings is 1. The third-order valence-corrected chi connectivity index (χ3v) is 14.4. The van der Waals surface area contributed by atoms with Gasteiger partial charge in [-0.25, -0.2) is 18.7 Å². The van der Waals surface area contributed by atoms with Gasteiger partial charge in [-0.05, 0) is 84.5 Å². The fourth-order valence-corrected chi connectivity index (χ4v) is 10.6. The Morgan fingerprint density at radius 1 is 0.848 bits per heavy atom. The molecule has 2 aromatic heterocycles. The van der Waals surface area contributed by atoms with E-state index in [0.717, 1.165) is 62.4 Å². The molecule has 0 saturated carbocycles. The largest absolute Gasteiger partial charge is 0.374 e. The summed E-state index contributed by atoms with van der Waals surface area (Å²) in [6, 6.07) is 14.4. The molecule has 5 aromatic rings. The molecule has 7 heterocycles. The van der Waals surface area contributed by atoms with E-state index < -0.39 is 35.6 Å². The van der Waals surface area contributed by atoms with Crippen LogP contribution in [0.2, 0.25) is 0 Å². The van der Waals surface area contributed by atoms with Crippen LogP contribution in [0.3, 0.4) is 0 Å². The van der Waals surface area contributed by atoms with E-state index in [2.05, 4.69) is 35.7 Å². The van der Waals surface area contributed by atoms with Crippen LogP contribution in [0, 0.1) is 11.6 Å². The average Bonchev–Trinajstić information content (AvgIpc) is 4.14. The van der Waals surface area contributed by atoms with Crippen molar-refractivity contribution in [3.63, 3.8) is 0 Å². The molecule has 15 nitrogen and oxygen atoms in total. The molecule has 3 N–H and O–H groups in total. The first-order chi connectivity index (χ1) is 32.0. The first kappa shape index (κ1) is 43.5. The lowest BCUT2D eigenvalue weighted by Gasteiger charge is -2.37. The number of nitrogens with zero attached hydrogens (tertiary/aromatic N) is 7. The average molecular weight is 917 g/mol. The predicted octanol–water partition coefficient (Wildman–Crippen LogP) is 5.31. The molecule has 5 aliphatic rings. The molecule has 1 unspecified atom stereocenters. The van der Waals surface area contributed by atoms with Crippen LogP contribution < -0.4 is 16.0 Å². The number of fused-ring (bicyclic) bond motifs is 2. The molecular weight excluding hydrogens is 867 g/mol. The Bertz CT molecular complexity index is 2680. The summed E-state index contributed by atoms with van der Waals surface area (Å²) < 4.78 is 33.2. The normalized spacial score (nSPS) is 19.7. The number of benzene rings is 3. The van der Waals surface area contributed by atoms with Crippen LogP contribution >= 0.6 is 11.3 Å². The molecule has 0 bridgehead atoms. The number of piperazine rings is 1. The molecule has 5 amide bonds. The molecule has 2 atom stereocenters. The Labute approximate surface area is 384 Å². The molecule has 342 valence electrons. The second-order valence-corrected chi connectivity index (χ2v) is 18.7. The number of anilines is 2. The highest BCUT2D eigenvalue weighted by molar-refractivity contribution is 7.13. The summed E-state index contributed by atoms with van der Waals surface area (Å²) in [7, 11) is 0. The van der Waals surface area contributed by atoms with Crippen molar-refractivity contribution in [2.45, 2.75) is 76.2 Å². The zero-order valence-electron chi connectivity index (χ0n) is 36.3. The van der Waals surface area contributed by atoms with Crippen molar-refractivity contribution in [3.8, 4) is 11.1 Å². The molecule has 3 saturated heterocycles. The summed E-state index contributed by atoms with van der Waals surface area (Å²) in [5.74, 6) is -2.35. The van der Waals surface area contributed by atoms with Crippen LogP contribution in [0.15, 0.2) is 72.5 Å². The van der Waals surface area contributed by atoms with Crippen LogP contribution in [0.4, 0.5) is 19.6 Å². The van der Waals surface area contributed by atoms with Crippen molar-refractivity contribution in [3.05, 3.63) is 118 Å². The molecule has 0 radical (unpaired) electrons. The molecule has 66 heavy (non-hydrogen) atoms. The second kappa shape index (κ2) is 18.5. The number of nitrogens with one attached hydrogen (secondary N) is 3. The van der Waals surface area contributed by atoms with Crippen LogP contribution in [0.5, 0.6) is 0 Å². The lowest BCUT2D eigenvalue weighted by atomic mass is 9.88. The van der Waals surface area contributed by atoms with E-state index in [0.29, 0.717) is 73.1 Å². The van der Waals surface area contributed by atoms with Gasteiger partial charge in [-0.1, -0.05) is 30.3 Å². The van der Waals surface area contributed by atoms with Gasteiger partial charge in [0.2, 0.25) is 17.7 Å². The van der Waals surface area contributed by atoms with Gasteiger partial charge in [0, 0.05) is 92.9 Å². The third-order valence-electron chi connectivity index (χ3n) is 13.7. The maximum absolute atomic E-state index is 15.9. The smallest absolute Gasteiger partial charge is 0.255 e. The molecule has 3 aromatic carbocycles. The van der Waals surface area contributed by atoms with Crippen molar-refractivity contribution in [2.24, 2.45) is 0 Å². The van der Waals surface area contributed by atoms with E-state index in [1.165, 1.54) is 28.4 Å². The topological polar surface area (TPSA) is 165 Å². The quantitative estimate of drug-likeness (QED) is 0.140. The number of halogens is 2. The Kier molecular flexibility index (Phi) is 12.2. The van der Waals surface area contributed by atoms with Gasteiger partial charge in [0.25, 0.3) is 11.8 Å². The lowest BCUT2D eigenvalue weighted by molar-refractivity contribution is -0.135. The van der Waals surface area contributed by atoms with E-state index in [1.54, 1.807) is 36.1 Å². The van der Waals surface area contributed by atoms with Crippen molar-refractivity contribution in [1.29, 1.82) is 0 Å². The first-order valence-electron chi connectivity index (χ1n) is 22.6. The predicted molar refractivity (Wildman–Crippen MR) is 242 cm³/mol. The summed E-state index contributed by atoms with van der Waals surface area (Å²) >= 11 is 1.28. The maximum atomic E-state index is 15.9. The number of rotatable bonds is 12. The Balaban J connectivity index is 0.705. The second-order valence-electron chi connectivity index (χ2n) is 17.8. The number of carbonyl (C=O) groups is 5. The highest BCUT2D eigenvalue weighted by Crippen LogP contribution is 2.38. The Hall–Kier alpha value is -6.37. The lowest BCUT2D eigenvalue weighted by Crippen LogP contribution is -2.50. The fourth-order valence-electron chi connectivity index (χ4n) is 10.0. The van der Waals surface area contributed by atoms with Gasteiger partial charge in [-0.2, -0.15) is 0 Å². The van der Waals surface area contributed by atoms with E-state index in [-0.39, 0.29) is 47.6 Å². The van der Waals surface area contributed by atoms with Gasteiger partial charge in [-0.3, -0.25) is 44.4 Å². The highest BCUT2D eigenvalue weighted by Gasteiger charge is 2.42. The maximum Gasteiger partial charge on any atom is 0.255 e. The van der Waals surface area contributed by atoms with Gasteiger partial charge in [-0.15, -0.1) is 11.3 Å². The number of hydrogen-bond donors (Lipinski definition) is 3. The molecule has 10 rings (SSSR count). The van der Waals surface area contributed by atoms with Gasteiger partial charge >= 0.3 is 0 Å². The summed E-state index contributed by atoms with van der Waals surface area (Å²) in [5, 5.41) is 10.3. The van der Waals surface area contributed by atoms with Gasteiger partial charge in [0.15, 0.2) is 11.2 Å². The summed E-state index contributed by atoms with van der Waals surface area (Å²) in [6.45, 7) is 6.00. The summed E-state index contributed by atoms with van der Waals surface area (Å²) in [6.07, 6.45) is 6.87. The third kappa shape index (κ3) is 8.96. The Morgan fingerprint density at radius 3 is 2.38 bits per heavy atom. The number of hydrogen-bond acceptors (Lipinski definition) is 11. The first-order valence-corrected chi connectivity index (χ1v) is 23.5. The number of imide groups is 1. The number of thiazole rings is 1. The van der Waals surface area contributed by atoms with Crippen LogP contribution in [0.25, 0.3) is 11.1 Å². The fraction of sp³-hybridized carbons (Fsp3) is 0.396. The monoisotopic (exact) mass is 916 g/mol. The molecule has 0 aliphatic carbocycles. The van der Waals surface area contributed by atoms with Crippen LogP contribution in [-0.2, 0) is 45.2 Å². The Morgan fingerprint density at radius 2 is 1.64 bits per heavy atom. The molecule has 5 aliphatic heterocycles. The summed E-state index contributed by atoms with van der Waals surface area (Å²) in [5.41, 5.74) is 5.44. The van der Waals surface area contributed by atoms with Gasteiger partial charge in [0.1, 0.15) is 17.7 Å². The zero-order valence-corrected chi connectivity index (χ0v) is 37.1. The number of aromatic nitrogens is 3. The van der Waals surface area contributed by atoms with E-state index in [9.17, 15) is 24.0 Å². The highest BCUT2D eigenvalue weighted by atomic mass is 32.1. The number of piperidine rings is 2. The minimum atomic E-state index is -1.05. The van der Waals surface area contributed by atoms with E-state index >= 15 is 8.78 Å². The number of carbonyl (C=O) groups excluding carboxylic acids is 5. The molecular formula is C48H50F2N10O5S. The van der Waals surface area contributed by atoms with Gasteiger partial charge in [0.05, 0.1) is 25.1 Å². The molecule has 3 fully saturated rings. The number of aryl methyl sites for hydroxylation is 1. The van der Waals surface area contributed by atoms with Crippen molar-refractivity contribution >= 4 is 51.7 Å². The minimum absolute atomic E-state index is 0.00989. The molecule has 0 spiro atoms. The SMILES string of the molecule is O=C1CC[C@H](Nc2ccc(C3CCN(C(=O)CN4CCN(Cc5ccc(-c6cc(F)c7c(c6)C(=O)N(C(C(=O)Nc6nccs6)c6ncn8c6CCC8)C7)cc5)CC4)CC3)c(F)c2)C(=O)N1. The van der Waals surface area contributed by atoms with Crippen LogP contribution in [-0.4, -0.2) is 116 Å². The van der Waals surface area contributed by atoms with Crippen LogP contribution in [0.1, 0.15) is 82.5 Å². The summed E-state index contributed by atoms with van der Waals surface area (Å²) in [4.78, 5) is 81.5. The van der Waals surface area contributed by atoms with Gasteiger partial charge < -0.3 is 19.7 Å².